The first-order valence-corrected chi connectivity index (χ1v) is 7.53. The van der Waals surface area contributed by atoms with E-state index in [0.717, 1.165) is 10.4 Å². The number of hydrogen-bond acceptors (Lipinski definition) is 3. The molecule has 1 aromatic carbocycles. The topological polar surface area (TPSA) is 84.2 Å². The highest BCUT2D eigenvalue weighted by molar-refractivity contribution is 7.10. The number of nitrogens with two attached hydrogens (primary N) is 1. The standard InChI is InChI=1S/C15H16FN3O2S/c16-11-5-3-10(4-6-11)9-18-14(20)8-12(19-15(17)21)13-2-1-7-22-13/h1-7,12H,8-9H2,(H,18,20)(H3,17,19,21)/t12-/m1/s1. The molecule has 1 atom stereocenters. The van der Waals surface area contributed by atoms with Crippen molar-refractivity contribution in [3.63, 3.8) is 0 Å². The van der Waals surface area contributed by atoms with E-state index in [-0.39, 0.29) is 18.1 Å². The summed E-state index contributed by atoms with van der Waals surface area (Å²) in [6.45, 7) is 0.298. The van der Waals surface area contributed by atoms with E-state index in [1.165, 1.54) is 23.5 Å². The Morgan fingerprint density at radius 1 is 1.23 bits per heavy atom. The number of halogens is 1. The third-order valence-electron chi connectivity index (χ3n) is 3.00. The van der Waals surface area contributed by atoms with Crippen LogP contribution in [0.15, 0.2) is 41.8 Å². The number of nitrogens with one attached hydrogen (secondary N) is 2. The fourth-order valence-corrected chi connectivity index (χ4v) is 2.72. The van der Waals surface area contributed by atoms with E-state index in [0.29, 0.717) is 6.54 Å². The molecule has 0 spiro atoms. The monoisotopic (exact) mass is 321 g/mol. The fraction of sp³-hybridized carbons (Fsp3) is 0.200. The first kappa shape index (κ1) is 16.0. The van der Waals surface area contributed by atoms with Gasteiger partial charge in [0.15, 0.2) is 0 Å². The van der Waals surface area contributed by atoms with Gasteiger partial charge in [-0.3, -0.25) is 4.79 Å². The molecule has 0 aliphatic heterocycles. The van der Waals surface area contributed by atoms with E-state index in [1.54, 1.807) is 12.1 Å². The fourth-order valence-electron chi connectivity index (χ4n) is 1.94. The highest BCUT2D eigenvalue weighted by Crippen LogP contribution is 2.21. The van der Waals surface area contributed by atoms with Gasteiger partial charge >= 0.3 is 6.03 Å². The van der Waals surface area contributed by atoms with Crippen LogP contribution in [0.1, 0.15) is 22.9 Å². The predicted molar refractivity (Wildman–Crippen MR) is 82.6 cm³/mol. The summed E-state index contributed by atoms with van der Waals surface area (Å²) in [6.07, 6.45) is 0.0879. The molecule has 0 unspecified atom stereocenters. The summed E-state index contributed by atoms with van der Waals surface area (Å²) in [5.41, 5.74) is 5.94. The first-order chi connectivity index (χ1) is 10.5. The van der Waals surface area contributed by atoms with Crippen molar-refractivity contribution in [3.05, 3.63) is 58.0 Å². The van der Waals surface area contributed by atoms with E-state index >= 15 is 0 Å². The maximum Gasteiger partial charge on any atom is 0.312 e. The SMILES string of the molecule is NC(=O)N[C@H](CC(=O)NCc1ccc(F)cc1)c1cccs1. The Balaban J connectivity index is 1.90. The molecule has 1 aromatic heterocycles. The van der Waals surface area contributed by atoms with Crippen LogP contribution in [0, 0.1) is 5.82 Å². The Hall–Kier alpha value is -2.41. The lowest BCUT2D eigenvalue weighted by Crippen LogP contribution is -2.36. The number of rotatable bonds is 6. The Morgan fingerprint density at radius 3 is 2.55 bits per heavy atom. The van der Waals surface area contributed by atoms with Gasteiger partial charge in [-0.1, -0.05) is 18.2 Å². The summed E-state index contributed by atoms with van der Waals surface area (Å²) in [5, 5.41) is 7.16. The molecule has 22 heavy (non-hydrogen) atoms. The maximum absolute atomic E-state index is 12.8. The van der Waals surface area contributed by atoms with Crippen LogP contribution < -0.4 is 16.4 Å². The molecule has 0 aliphatic carbocycles. The lowest BCUT2D eigenvalue weighted by atomic mass is 10.1. The van der Waals surface area contributed by atoms with Gasteiger partial charge in [0.25, 0.3) is 0 Å². The minimum Gasteiger partial charge on any atom is -0.352 e. The zero-order valence-corrected chi connectivity index (χ0v) is 12.5. The number of benzene rings is 1. The number of carbonyl (C=O) groups is 2. The zero-order chi connectivity index (χ0) is 15.9. The van der Waals surface area contributed by atoms with Gasteiger partial charge in [0.1, 0.15) is 5.82 Å². The van der Waals surface area contributed by atoms with Crippen LogP contribution in [0.2, 0.25) is 0 Å². The first-order valence-electron chi connectivity index (χ1n) is 6.65. The van der Waals surface area contributed by atoms with Gasteiger partial charge in [-0.05, 0) is 29.1 Å². The highest BCUT2D eigenvalue weighted by Gasteiger charge is 2.18. The van der Waals surface area contributed by atoms with Gasteiger partial charge in [0.2, 0.25) is 5.91 Å². The molecule has 0 saturated carbocycles. The number of hydrogen-bond donors (Lipinski definition) is 3. The van der Waals surface area contributed by atoms with Crippen molar-refractivity contribution in [2.24, 2.45) is 5.73 Å². The van der Waals surface area contributed by atoms with Gasteiger partial charge in [0, 0.05) is 11.4 Å². The third kappa shape index (κ3) is 4.85. The van der Waals surface area contributed by atoms with Crippen LogP contribution in [-0.4, -0.2) is 11.9 Å². The summed E-state index contributed by atoms with van der Waals surface area (Å²) >= 11 is 1.44. The van der Waals surface area contributed by atoms with Crippen LogP contribution in [0.25, 0.3) is 0 Å². The summed E-state index contributed by atoms with van der Waals surface area (Å²) in [4.78, 5) is 23.9. The van der Waals surface area contributed by atoms with E-state index in [9.17, 15) is 14.0 Å². The number of amides is 3. The van der Waals surface area contributed by atoms with Crippen molar-refractivity contribution in [3.8, 4) is 0 Å². The van der Waals surface area contributed by atoms with Crippen molar-refractivity contribution in [2.45, 2.75) is 19.0 Å². The van der Waals surface area contributed by atoms with Crippen LogP contribution in [-0.2, 0) is 11.3 Å². The molecule has 0 aliphatic rings. The molecule has 2 aromatic rings. The van der Waals surface area contributed by atoms with Gasteiger partial charge in [-0.15, -0.1) is 11.3 Å². The lowest BCUT2D eigenvalue weighted by molar-refractivity contribution is -0.121. The van der Waals surface area contributed by atoms with Crippen molar-refractivity contribution < 1.29 is 14.0 Å². The van der Waals surface area contributed by atoms with Crippen LogP contribution in [0.3, 0.4) is 0 Å². The minimum atomic E-state index is -0.676. The van der Waals surface area contributed by atoms with E-state index in [2.05, 4.69) is 10.6 Å². The number of carbonyl (C=O) groups excluding carboxylic acids is 2. The minimum absolute atomic E-state index is 0.0879. The van der Waals surface area contributed by atoms with Gasteiger partial charge in [0.05, 0.1) is 12.5 Å². The average molecular weight is 321 g/mol. The smallest absolute Gasteiger partial charge is 0.312 e. The second-order valence-corrected chi connectivity index (χ2v) is 5.66. The van der Waals surface area contributed by atoms with Crippen LogP contribution >= 0.6 is 11.3 Å². The number of thiophene rings is 1. The molecule has 116 valence electrons. The molecule has 2 rings (SSSR count). The van der Waals surface area contributed by atoms with Crippen molar-refractivity contribution in [1.82, 2.24) is 10.6 Å². The van der Waals surface area contributed by atoms with E-state index < -0.39 is 12.1 Å². The molecule has 7 heteroatoms. The van der Waals surface area contributed by atoms with Crippen LogP contribution in [0.5, 0.6) is 0 Å². The van der Waals surface area contributed by atoms with Gasteiger partial charge < -0.3 is 16.4 Å². The third-order valence-corrected chi connectivity index (χ3v) is 3.98. The van der Waals surface area contributed by atoms with Crippen molar-refractivity contribution in [2.75, 3.05) is 0 Å². The largest absolute Gasteiger partial charge is 0.352 e. The molecule has 0 radical (unpaired) electrons. The Morgan fingerprint density at radius 2 is 1.95 bits per heavy atom. The zero-order valence-electron chi connectivity index (χ0n) is 11.7. The molecule has 0 fully saturated rings. The van der Waals surface area contributed by atoms with E-state index in [1.807, 2.05) is 17.5 Å². The van der Waals surface area contributed by atoms with Crippen molar-refractivity contribution in [1.29, 1.82) is 0 Å². The number of primary amides is 1. The molecule has 1 heterocycles. The highest BCUT2D eigenvalue weighted by atomic mass is 32.1. The van der Waals surface area contributed by atoms with Gasteiger partial charge in [-0.2, -0.15) is 0 Å². The Bertz CT molecular complexity index is 629. The molecule has 0 saturated heterocycles. The Labute approximate surface area is 131 Å². The quantitative estimate of drug-likeness (QED) is 0.763. The molecule has 0 bridgehead atoms. The maximum atomic E-state index is 12.8. The number of urea groups is 1. The second kappa shape index (κ2) is 7.56. The van der Waals surface area contributed by atoms with E-state index in [4.69, 9.17) is 5.73 Å². The molecule has 5 nitrogen and oxygen atoms in total. The normalized spacial score (nSPS) is 11.7. The molecular weight excluding hydrogens is 305 g/mol. The predicted octanol–water partition coefficient (Wildman–Crippen LogP) is 2.30. The van der Waals surface area contributed by atoms with Crippen molar-refractivity contribution >= 4 is 23.3 Å². The summed E-state index contributed by atoms with van der Waals surface area (Å²) in [7, 11) is 0. The second-order valence-electron chi connectivity index (χ2n) is 4.68. The molecule has 3 amide bonds. The molecular formula is C15H16FN3O2S. The van der Waals surface area contributed by atoms with Gasteiger partial charge in [-0.25, -0.2) is 9.18 Å². The Kier molecular flexibility index (Phi) is 5.48. The average Bonchev–Trinajstić information content (AvgIpc) is 3.00. The molecule has 4 N–H and O–H groups in total. The van der Waals surface area contributed by atoms with Crippen LogP contribution in [0.4, 0.5) is 9.18 Å². The summed E-state index contributed by atoms with van der Waals surface area (Å²) in [6, 6.07) is 8.43. The summed E-state index contributed by atoms with van der Waals surface area (Å²) in [5.74, 6) is -0.546. The summed E-state index contributed by atoms with van der Waals surface area (Å²) < 4.78 is 12.8. The lowest BCUT2D eigenvalue weighted by Gasteiger charge is -2.16.